The van der Waals surface area contributed by atoms with E-state index in [1.807, 2.05) is 18.2 Å². The third-order valence-electron chi connectivity index (χ3n) is 5.12. The summed E-state index contributed by atoms with van der Waals surface area (Å²) in [6.07, 6.45) is 4.46. The van der Waals surface area contributed by atoms with Gasteiger partial charge in [-0.1, -0.05) is 6.07 Å². The average molecular weight is 371 g/mol. The zero-order valence-corrected chi connectivity index (χ0v) is 16.3. The van der Waals surface area contributed by atoms with E-state index in [0.717, 1.165) is 48.1 Å². The molecule has 27 heavy (non-hydrogen) atoms. The number of carbonyl (C=O) groups excluding carboxylic acids is 1. The van der Waals surface area contributed by atoms with Crippen LogP contribution >= 0.6 is 0 Å². The number of ketones is 1. The summed E-state index contributed by atoms with van der Waals surface area (Å²) in [6, 6.07) is 8.25. The van der Waals surface area contributed by atoms with Crippen LogP contribution in [0, 0.1) is 5.92 Å². The van der Waals surface area contributed by atoms with Gasteiger partial charge in [-0.05, 0) is 57.9 Å². The lowest BCUT2D eigenvalue weighted by molar-refractivity contribution is -0.122. The van der Waals surface area contributed by atoms with E-state index in [9.17, 15) is 4.79 Å². The molecule has 6 nitrogen and oxygen atoms in total. The molecular formula is C21H29N3O3. The lowest BCUT2D eigenvalue weighted by Crippen LogP contribution is -2.37. The van der Waals surface area contributed by atoms with Gasteiger partial charge in [0.15, 0.2) is 0 Å². The maximum atomic E-state index is 11.6. The molecule has 0 saturated carbocycles. The van der Waals surface area contributed by atoms with E-state index in [2.05, 4.69) is 28.6 Å². The van der Waals surface area contributed by atoms with Crippen molar-refractivity contribution in [1.82, 2.24) is 10.3 Å². The summed E-state index contributed by atoms with van der Waals surface area (Å²) < 4.78 is 11.2. The Hall–Kier alpha value is -2.18. The molecule has 1 fully saturated rings. The topological polar surface area (TPSA) is 72.5 Å². The van der Waals surface area contributed by atoms with Gasteiger partial charge in [-0.2, -0.15) is 0 Å². The highest BCUT2D eigenvalue weighted by atomic mass is 16.5. The molecule has 2 N–H and O–H groups in total. The third kappa shape index (κ3) is 4.76. The Labute approximate surface area is 160 Å². The number of nitrogens with one attached hydrogen (secondary N) is 2. The molecule has 0 radical (unpaired) electrons. The predicted molar refractivity (Wildman–Crippen MR) is 107 cm³/mol. The van der Waals surface area contributed by atoms with Crippen LogP contribution in [0.3, 0.4) is 0 Å². The number of benzene rings is 1. The quantitative estimate of drug-likeness (QED) is 0.659. The van der Waals surface area contributed by atoms with Crippen molar-refractivity contribution in [2.75, 3.05) is 25.6 Å². The number of ether oxygens (including phenoxy) is 2. The molecular weight excluding hydrogens is 342 g/mol. The van der Waals surface area contributed by atoms with Gasteiger partial charge in [0, 0.05) is 24.2 Å². The van der Waals surface area contributed by atoms with Crippen LogP contribution < -0.4 is 15.4 Å². The smallest absolute Gasteiger partial charge is 0.144 e. The molecule has 6 heteroatoms. The van der Waals surface area contributed by atoms with E-state index in [1.54, 1.807) is 20.2 Å². The van der Waals surface area contributed by atoms with Gasteiger partial charge >= 0.3 is 0 Å². The van der Waals surface area contributed by atoms with Crippen molar-refractivity contribution in [1.29, 1.82) is 0 Å². The molecule has 146 valence electrons. The van der Waals surface area contributed by atoms with Gasteiger partial charge in [0.2, 0.25) is 0 Å². The van der Waals surface area contributed by atoms with Gasteiger partial charge in [0.05, 0.1) is 18.5 Å². The molecule has 0 spiro atoms. The van der Waals surface area contributed by atoms with Gasteiger partial charge in [-0.25, -0.2) is 0 Å². The zero-order valence-electron chi connectivity index (χ0n) is 16.3. The SMILES string of the molecule is COc1ccc2cccnc2c1NC(C)CCCNC1OCCC1C(C)=O. The molecule has 3 rings (SSSR count). The zero-order chi connectivity index (χ0) is 19.2. The Bertz CT molecular complexity index is 780. The number of pyridine rings is 1. The second kappa shape index (κ2) is 9.15. The minimum absolute atomic E-state index is 0.00781. The van der Waals surface area contributed by atoms with Crippen molar-refractivity contribution >= 4 is 22.4 Å². The first-order valence-electron chi connectivity index (χ1n) is 9.64. The second-order valence-electron chi connectivity index (χ2n) is 7.16. The van der Waals surface area contributed by atoms with E-state index in [4.69, 9.17) is 9.47 Å². The van der Waals surface area contributed by atoms with Crippen molar-refractivity contribution in [2.45, 2.75) is 45.4 Å². The third-order valence-corrected chi connectivity index (χ3v) is 5.12. The monoisotopic (exact) mass is 371 g/mol. The Morgan fingerprint density at radius 1 is 1.41 bits per heavy atom. The second-order valence-corrected chi connectivity index (χ2v) is 7.16. The highest BCUT2D eigenvalue weighted by Gasteiger charge is 2.31. The Morgan fingerprint density at radius 3 is 3.04 bits per heavy atom. The van der Waals surface area contributed by atoms with Gasteiger partial charge in [0.25, 0.3) is 0 Å². The number of nitrogens with zero attached hydrogens (tertiary/aromatic N) is 1. The minimum atomic E-state index is -0.131. The normalized spacial score (nSPS) is 20.6. The molecule has 1 aromatic carbocycles. The van der Waals surface area contributed by atoms with Crippen molar-refractivity contribution < 1.29 is 14.3 Å². The van der Waals surface area contributed by atoms with Crippen LogP contribution in [0.2, 0.25) is 0 Å². The van der Waals surface area contributed by atoms with Gasteiger partial charge < -0.3 is 14.8 Å². The number of hydrogen-bond acceptors (Lipinski definition) is 6. The number of rotatable bonds is 9. The lowest BCUT2D eigenvalue weighted by Gasteiger charge is -2.20. The van der Waals surface area contributed by atoms with Gasteiger partial charge in [-0.3, -0.25) is 15.1 Å². The van der Waals surface area contributed by atoms with Crippen molar-refractivity contribution in [3.63, 3.8) is 0 Å². The molecule has 3 atom stereocenters. The number of carbonyl (C=O) groups is 1. The number of anilines is 1. The number of fused-ring (bicyclic) bond motifs is 1. The summed E-state index contributed by atoms with van der Waals surface area (Å²) in [7, 11) is 1.68. The van der Waals surface area contributed by atoms with E-state index >= 15 is 0 Å². The predicted octanol–water partition coefficient (Wildman–Crippen LogP) is 3.37. The van der Waals surface area contributed by atoms with E-state index in [1.165, 1.54) is 0 Å². The first kappa shape index (κ1) is 19.6. The molecule has 0 aliphatic carbocycles. The Balaban J connectivity index is 1.53. The number of aromatic nitrogens is 1. The Morgan fingerprint density at radius 2 is 2.26 bits per heavy atom. The van der Waals surface area contributed by atoms with Crippen LogP contribution in [0.5, 0.6) is 5.75 Å². The molecule has 1 aromatic heterocycles. The van der Waals surface area contributed by atoms with Crippen molar-refractivity contribution in [3.05, 3.63) is 30.5 Å². The van der Waals surface area contributed by atoms with Crippen LogP contribution in [0.15, 0.2) is 30.5 Å². The van der Waals surface area contributed by atoms with Crippen LogP contribution in [0.1, 0.15) is 33.1 Å². The summed E-state index contributed by atoms with van der Waals surface area (Å²) >= 11 is 0. The average Bonchev–Trinajstić information content (AvgIpc) is 3.14. The van der Waals surface area contributed by atoms with Gasteiger partial charge in [0.1, 0.15) is 23.4 Å². The standard InChI is InChI=1S/C21H29N3O3/c1-14(6-4-12-23-21-17(15(2)25)10-13-27-21)24-20-18(26-3)9-8-16-7-5-11-22-19(16)20/h5,7-9,11,14,17,21,23-24H,4,6,10,12-13H2,1-3H3. The summed E-state index contributed by atoms with van der Waals surface area (Å²) in [6.45, 7) is 5.29. The largest absolute Gasteiger partial charge is 0.495 e. The van der Waals surface area contributed by atoms with Gasteiger partial charge in [-0.15, -0.1) is 0 Å². The highest BCUT2D eigenvalue weighted by Crippen LogP contribution is 2.32. The van der Waals surface area contributed by atoms with E-state index < -0.39 is 0 Å². The van der Waals surface area contributed by atoms with Crippen LogP contribution in [-0.4, -0.2) is 43.3 Å². The molecule has 0 amide bonds. The fourth-order valence-corrected chi connectivity index (χ4v) is 3.61. The molecule has 3 unspecified atom stereocenters. The first-order valence-corrected chi connectivity index (χ1v) is 9.64. The van der Waals surface area contributed by atoms with E-state index in [-0.39, 0.29) is 24.0 Å². The molecule has 1 aliphatic heterocycles. The number of Topliss-reactive ketones (excluding diaryl/α,β-unsaturated/α-hetero) is 1. The van der Waals surface area contributed by atoms with E-state index in [0.29, 0.717) is 6.61 Å². The first-order chi connectivity index (χ1) is 13.1. The summed E-state index contributed by atoms with van der Waals surface area (Å²) in [5.74, 6) is 0.997. The van der Waals surface area contributed by atoms with Crippen LogP contribution in [-0.2, 0) is 9.53 Å². The summed E-state index contributed by atoms with van der Waals surface area (Å²) in [4.78, 5) is 16.1. The minimum Gasteiger partial charge on any atom is -0.495 e. The molecule has 1 saturated heterocycles. The number of methoxy groups -OCH3 is 1. The fourth-order valence-electron chi connectivity index (χ4n) is 3.61. The van der Waals surface area contributed by atoms with Crippen LogP contribution in [0.4, 0.5) is 5.69 Å². The highest BCUT2D eigenvalue weighted by molar-refractivity contribution is 5.93. The fraction of sp³-hybridized carbons (Fsp3) is 0.524. The Kier molecular flexibility index (Phi) is 6.63. The molecule has 1 aliphatic rings. The van der Waals surface area contributed by atoms with Crippen LogP contribution in [0.25, 0.3) is 10.9 Å². The number of hydrogen-bond donors (Lipinski definition) is 2. The molecule has 2 heterocycles. The molecule has 2 aromatic rings. The van der Waals surface area contributed by atoms with Crippen molar-refractivity contribution in [3.8, 4) is 5.75 Å². The summed E-state index contributed by atoms with van der Waals surface area (Å²) in [5, 5.41) is 8.02. The maximum Gasteiger partial charge on any atom is 0.144 e. The summed E-state index contributed by atoms with van der Waals surface area (Å²) in [5.41, 5.74) is 1.86. The maximum absolute atomic E-state index is 11.6. The molecule has 0 bridgehead atoms. The lowest BCUT2D eigenvalue weighted by atomic mass is 10.0. The van der Waals surface area contributed by atoms with Crippen molar-refractivity contribution in [2.24, 2.45) is 5.92 Å².